The fourth-order valence-electron chi connectivity index (χ4n) is 2.77. The molecule has 1 heterocycles. The van der Waals surface area contributed by atoms with Crippen molar-refractivity contribution in [2.75, 3.05) is 0 Å². The predicted octanol–water partition coefficient (Wildman–Crippen LogP) is 5.36. The number of nitrogens with one attached hydrogen (secondary N) is 1. The van der Waals surface area contributed by atoms with Crippen molar-refractivity contribution in [2.45, 2.75) is 50.3 Å². The third-order valence-corrected chi connectivity index (χ3v) is 6.42. The minimum Gasteiger partial charge on any atom is -0.598 e. The number of benzene rings is 1. The molecule has 0 bridgehead atoms. The molecule has 1 unspecified atom stereocenters. The SMILES string of the molecule is C=CCCC(c1cccc(F)c1F)[C@H](N[S@+]([O-])C(C)(C)C)c1nccnc1Br. The quantitative estimate of drug-likeness (QED) is 0.415. The molecule has 0 aliphatic rings. The van der Waals surface area contributed by atoms with Gasteiger partial charge >= 0.3 is 0 Å². The van der Waals surface area contributed by atoms with E-state index in [2.05, 4.69) is 37.2 Å². The molecular weight excluding hydrogens is 448 g/mol. The molecule has 1 aromatic carbocycles. The number of aromatic nitrogens is 2. The summed E-state index contributed by atoms with van der Waals surface area (Å²) in [6, 6.07) is 3.44. The highest BCUT2D eigenvalue weighted by atomic mass is 79.9. The summed E-state index contributed by atoms with van der Waals surface area (Å²) >= 11 is 1.91. The Hall–Kier alpha value is -1.35. The van der Waals surface area contributed by atoms with Gasteiger partial charge in [-0.25, -0.2) is 13.8 Å². The number of hydrogen-bond acceptors (Lipinski definition) is 4. The van der Waals surface area contributed by atoms with Gasteiger partial charge < -0.3 is 4.55 Å². The van der Waals surface area contributed by atoms with Gasteiger partial charge in [0.25, 0.3) is 0 Å². The van der Waals surface area contributed by atoms with Crippen LogP contribution in [0.1, 0.15) is 56.8 Å². The second kappa shape index (κ2) is 9.91. The van der Waals surface area contributed by atoms with E-state index in [-0.39, 0.29) is 5.56 Å². The van der Waals surface area contributed by atoms with Crippen molar-refractivity contribution in [1.82, 2.24) is 14.7 Å². The van der Waals surface area contributed by atoms with Crippen molar-refractivity contribution >= 4 is 27.3 Å². The number of halogens is 3. The molecule has 0 aliphatic carbocycles. The van der Waals surface area contributed by atoms with Crippen molar-refractivity contribution in [3.8, 4) is 0 Å². The third-order valence-electron chi connectivity index (χ3n) is 4.23. The van der Waals surface area contributed by atoms with Gasteiger partial charge in [-0.2, -0.15) is 0 Å². The molecule has 28 heavy (non-hydrogen) atoms. The molecule has 4 nitrogen and oxygen atoms in total. The lowest BCUT2D eigenvalue weighted by Crippen LogP contribution is -2.43. The topological polar surface area (TPSA) is 60.9 Å². The lowest BCUT2D eigenvalue weighted by atomic mass is 9.86. The Labute approximate surface area is 176 Å². The first-order valence-electron chi connectivity index (χ1n) is 8.86. The van der Waals surface area contributed by atoms with Crippen LogP contribution in [0, 0.1) is 11.6 Å². The summed E-state index contributed by atoms with van der Waals surface area (Å²) in [6.45, 7) is 9.23. The molecule has 8 heteroatoms. The fraction of sp³-hybridized carbons (Fsp3) is 0.400. The van der Waals surface area contributed by atoms with E-state index in [9.17, 15) is 13.3 Å². The van der Waals surface area contributed by atoms with Gasteiger partial charge in [0.1, 0.15) is 15.4 Å². The molecule has 152 valence electrons. The van der Waals surface area contributed by atoms with E-state index >= 15 is 0 Å². The number of hydrogen-bond donors (Lipinski definition) is 1. The number of nitrogens with zero attached hydrogens (tertiary/aromatic N) is 2. The molecule has 0 spiro atoms. The largest absolute Gasteiger partial charge is 0.598 e. The molecule has 0 aliphatic heterocycles. The maximum atomic E-state index is 14.7. The van der Waals surface area contributed by atoms with Crippen LogP contribution in [0.15, 0.2) is 47.9 Å². The van der Waals surface area contributed by atoms with Gasteiger partial charge in [-0.15, -0.1) is 11.3 Å². The van der Waals surface area contributed by atoms with E-state index in [1.807, 2.05) is 20.8 Å². The summed E-state index contributed by atoms with van der Waals surface area (Å²) in [5, 5.41) is 0. The van der Waals surface area contributed by atoms with E-state index in [1.165, 1.54) is 18.5 Å². The molecule has 0 fully saturated rings. The summed E-state index contributed by atoms with van der Waals surface area (Å²) in [6.07, 6.45) is 5.78. The Kier molecular flexibility index (Phi) is 8.12. The van der Waals surface area contributed by atoms with Crippen LogP contribution in [0.2, 0.25) is 0 Å². The fourth-order valence-corrected chi connectivity index (χ4v) is 4.09. The van der Waals surface area contributed by atoms with Gasteiger partial charge in [-0.3, -0.25) is 4.98 Å². The molecule has 2 rings (SSSR count). The summed E-state index contributed by atoms with van der Waals surface area (Å²) in [5.41, 5.74) is 0.681. The summed E-state index contributed by atoms with van der Waals surface area (Å²) < 4.78 is 44.5. The number of allylic oxidation sites excluding steroid dienone is 1. The van der Waals surface area contributed by atoms with Crippen molar-refractivity contribution in [1.29, 1.82) is 0 Å². The van der Waals surface area contributed by atoms with Crippen molar-refractivity contribution in [3.63, 3.8) is 0 Å². The van der Waals surface area contributed by atoms with Crippen LogP contribution in [0.4, 0.5) is 8.78 Å². The molecule has 2 aromatic rings. The van der Waals surface area contributed by atoms with Gasteiger partial charge in [0.05, 0.1) is 5.69 Å². The first-order valence-corrected chi connectivity index (χ1v) is 10.8. The molecule has 0 amide bonds. The smallest absolute Gasteiger partial charge is 0.162 e. The van der Waals surface area contributed by atoms with Gasteiger partial charge in [0.15, 0.2) is 11.6 Å². The first kappa shape index (κ1) is 22.9. The van der Waals surface area contributed by atoms with Crippen LogP contribution in [0.25, 0.3) is 0 Å². The summed E-state index contributed by atoms with van der Waals surface area (Å²) in [4.78, 5) is 8.57. The average molecular weight is 472 g/mol. The highest BCUT2D eigenvalue weighted by molar-refractivity contribution is 9.10. The Balaban J connectivity index is 2.59. The van der Waals surface area contributed by atoms with Crippen molar-refractivity contribution in [3.05, 3.63) is 70.7 Å². The molecule has 1 N–H and O–H groups in total. The molecule has 0 radical (unpaired) electrons. The first-order chi connectivity index (χ1) is 13.2. The van der Waals surface area contributed by atoms with Crippen LogP contribution < -0.4 is 4.72 Å². The molecule has 3 atom stereocenters. The molecule has 1 aromatic heterocycles. The van der Waals surface area contributed by atoms with E-state index < -0.39 is 39.7 Å². The van der Waals surface area contributed by atoms with E-state index in [4.69, 9.17) is 0 Å². The zero-order chi connectivity index (χ0) is 20.9. The lowest BCUT2D eigenvalue weighted by Gasteiger charge is -2.32. The van der Waals surface area contributed by atoms with Gasteiger partial charge in [0, 0.05) is 29.7 Å². The standard InChI is InChI=1S/C20H24BrF2N3OS/c1-5-6-8-14(13-9-7-10-15(22)16(13)23)17(26-28(27)20(2,3)4)18-19(21)25-12-11-24-18/h5,7,9-12,14,17,26H,1,6,8H2,2-4H3/t14?,17-,28+/m0/s1. The van der Waals surface area contributed by atoms with Gasteiger partial charge in [0.2, 0.25) is 0 Å². The molecule has 0 saturated heterocycles. The van der Waals surface area contributed by atoms with E-state index in [0.29, 0.717) is 23.1 Å². The minimum absolute atomic E-state index is 0.197. The van der Waals surface area contributed by atoms with Crippen LogP contribution in [-0.2, 0) is 11.4 Å². The van der Waals surface area contributed by atoms with Crippen LogP contribution in [0.3, 0.4) is 0 Å². The average Bonchev–Trinajstić information content (AvgIpc) is 2.63. The van der Waals surface area contributed by atoms with Crippen molar-refractivity contribution in [2.24, 2.45) is 0 Å². The lowest BCUT2D eigenvalue weighted by molar-refractivity contribution is 0.425. The Morgan fingerprint density at radius 2 is 1.96 bits per heavy atom. The highest BCUT2D eigenvalue weighted by Crippen LogP contribution is 2.39. The minimum atomic E-state index is -1.47. The predicted molar refractivity (Wildman–Crippen MR) is 112 cm³/mol. The summed E-state index contributed by atoms with van der Waals surface area (Å²) in [7, 11) is 0. The normalized spacial score (nSPS) is 15.1. The Bertz CT molecular complexity index is 816. The second-order valence-electron chi connectivity index (χ2n) is 7.32. The van der Waals surface area contributed by atoms with Crippen LogP contribution in [-0.4, -0.2) is 19.3 Å². The molecule has 0 saturated carbocycles. The zero-order valence-electron chi connectivity index (χ0n) is 16.1. The number of rotatable bonds is 8. The third kappa shape index (κ3) is 5.59. The monoisotopic (exact) mass is 471 g/mol. The van der Waals surface area contributed by atoms with Crippen LogP contribution >= 0.6 is 15.9 Å². The van der Waals surface area contributed by atoms with Gasteiger partial charge in [-0.05, 0) is 61.2 Å². The maximum absolute atomic E-state index is 14.7. The molecular formula is C20H24BrF2N3OS. The van der Waals surface area contributed by atoms with Gasteiger partial charge in [-0.1, -0.05) is 18.2 Å². The zero-order valence-corrected chi connectivity index (χ0v) is 18.5. The van der Waals surface area contributed by atoms with E-state index in [0.717, 1.165) is 6.07 Å². The van der Waals surface area contributed by atoms with Crippen molar-refractivity contribution < 1.29 is 13.3 Å². The van der Waals surface area contributed by atoms with E-state index in [1.54, 1.807) is 12.1 Å². The maximum Gasteiger partial charge on any atom is 0.162 e. The Morgan fingerprint density at radius 1 is 1.29 bits per heavy atom. The van der Waals surface area contributed by atoms with Crippen LogP contribution in [0.5, 0.6) is 0 Å². The summed E-state index contributed by atoms with van der Waals surface area (Å²) in [5.74, 6) is -2.37. The second-order valence-corrected chi connectivity index (χ2v) is 10.1. The Morgan fingerprint density at radius 3 is 2.57 bits per heavy atom. The highest BCUT2D eigenvalue weighted by Gasteiger charge is 2.37.